The molecule has 1 unspecified atom stereocenters. The lowest BCUT2D eigenvalue weighted by Crippen LogP contribution is -2.12. The highest BCUT2D eigenvalue weighted by Gasteiger charge is 2.29. The summed E-state index contributed by atoms with van der Waals surface area (Å²) in [7, 11) is 0. The Labute approximate surface area is 175 Å². The summed E-state index contributed by atoms with van der Waals surface area (Å²) in [6, 6.07) is 7.91. The average molecular weight is 424 g/mol. The Kier molecular flexibility index (Phi) is 4.94. The molecule has 8 nitrogen and oxygen atoms in total. The molecule has 1 aliphatic heterocycles. The van der Waals surface area contributed by atoms with Crippen molar-refractivity contribution in [2.24, 2.45) is 0 Å². The maximum atomic E-state index is 5.50. The van der Waals surface area contributed by atoms with E-state index >= 15 is 0 Å². The molecule has 146 valence electrons. The van der Waals surface area contributed by atoms with E-state index in [1.165, 1.54) is 0 Å². The highest BCUT2D eigenvalue weighted by molar-refractivity contribution is 8.00. The summed E-state index contributed by atoms with van der Waals surface area (Å²) < 4.78 is 9.74. The zero-order chi connectivity index (χ0) is 19.6. The quantitative estimate of drug-likeness (QED) is 0.327. The van der Waals surface area contributed by atoms with Crippen LogP contribution in [0.4, 0.5) is 0 Å². The molecule has 4 aromatic heterocycles. The Morgan fingerprint density at radius 3 is 2.83 bits per heavy atom. The second-order valence-electron chi connectivity index (χ2n) is 6.37. The predicted octanol–water partition coefficient (Wildman–Crippen LogP) is 3.82. The number of allylic oxidation sites excluding steroid dienone is 1. The van der Waals surface area contributed by atoms with E-state index in [4.69, 9.17) is 4.42 Å². The van der Waals surface area contributed by atoms with E-state index in [9.17, 15) is 0 Å². The van der Waals surface area contributed by atoms with Gasteiger partial charge in [0.05, 0.1) is 12.3 Å². The highest BCUT2D eigenvalue weighted by Crippen LogP contribution is 2.39. The average Bonchev–Trinajstić information content (AvgIpc) is 3.52. The van der Waals surface area contributed by atoms with Gasteiger partial charge in [0.2, 0.25) is 5.82 Å². The molecular weight excluding hydrogens is 406 g/mol. The fourth-order valence-electron chi connectivity index (χ4n) is 3.22. The van der Waals surface area contributed by atoms with Crippen LogP contribution >= 0.6 is 23.5 Å². The molecule has 1 atom stereocenters. The fourth-order valence-corrected chi connectivity index (χ4v) is 5.47. The molecule has 0 radical (unpaired) electrons. The zero-order valence-electron chi connectivity index (χ0n) is 15.4. The van der Waals surface area contributed by atoms with Crippen molar-refractivity contribution in [2.75, 3.05) is 11.5 Å². The number of thioether (sulfide) groups is 2. The van der Waals surface area contributed by atoms with Crippen LogP contribution in [0.5, 0.6) is 0 Å². The minimum Gasteiger partial charge on any atom is -0.461 e. The first-order valence-corrected chi connectivity index (χ1v) is 11.0. The van der Waals surface area contributed by atoms with E-state index < -0.39 is 0 Å². The normalized spacial score (nSPS) is 15.5. The van der Waals surface area contributed by atoms with Gasteiger partial charge in [0.1, 0.15) is 0 Å². The van der Waals surface area contributed by atoms with Gasteiger partial charge in [-0.2, -0.15) is 0 Å². The van der Waals surface area contributed by atoms with Crippen molar-refractivity contribution in [1.29, 1.82) is 0 Å². The molecule has 5 rings (SSSR count). The van der Waals surface area contributed by atoms with E-state index in [2.05, 4.69) is 36.5 Å². The van der Waals surface area contributed by atoms with Crippen molar-refractivity contribution in [3.8, 4) is 23.0 Å². The van der Waals surface area contributed by atoms with Crippen LogP contribution < -0.4 is 0 Å². The van der Waals surface area contributed by atoms with Gasteiger partial charge in [0.25, 0.3) is 0 Å². The van der Waals surface area contributed by atoms with Gasteiger partial charge in [-0.3, -0.25) is 14.1 Å². The predicted molar refractivity (Wildman–Crippen MR) is 112 cm³/mol. The number of furan rings is 1. The number of hydrogen-bond acceptors (Lipinski definition) is 8. The molecule has 0 spiro atoms. The summed E-state index contributed by atoms with van der Waals surface area (Å²) in [5.74, 6) is 4.08. The van der Waals surface area contributed by atoms with Gasteiger partial charge in [-0.15, -0.1) is 27.0 Å². The molecule has 5 heterocycles. The molecule has 0 N–H and O–H groups in total. The van der Waals surface area contributed by atoms with Gasteiger partial charge in [-0.1, -0.05) is 29.6 Å². The highest BCUT2D eigenvalue weighted by atomic mass is 32.2. The molecule has 0 amide bonds. The SMILES string of the molecule is C=CCn1c(SCC2CSc3nnc(-c4ccncc4)n32)nnc1-c1ccco1. The number of hydrogen-bond donors (Lipinski definition) is 0. The van der Waals surface area contributed by atoms with Crippen LogP contribution in [0.25, 0.3) is 23.0 Å². The van der Waals surface area contributed by atoms with Crippen LogP contribution in [0.2, 0.25) is 0 Å². The number of rotatable bonds is 7. The second kappa shape index (κ2) is 7.88. The van der Waals surface area contributed by atoms with Crippen molar-refractivity contribution >= 4 is 23.5 Å². The summed E-state index contributed by atoms with van der Waals surface area (Å²) in [5, 5.41) is 19.3. The maximum Gasteiger partial charge on any atom is 0.200 e. The van der Waals surface area contributed by atoms with E-state index in [0.29, 0.717) is 18.1 Å². The number of nitrogens with zero attached hydrogens (tertiary/aromatic N) is 7. The van der Waals surface area contributed by atoms with Crippen molar-refractivity contribution < 1.29 is 4.42 Å². The number of fused-ring (bicyclic) bond motifs is 1. The standard InChI is InChI=1S/C19H17N7OS2/c1-2-9-25-17(15-4-3-10-27-15)22-23-18(25)28-11-14-12-29-19-24-21-16(26(14)19)13-5-7-20-8-6-13/h2-8,10,14H,1,9,11-12H2. The zero-order valence-corrected chi connectivity index (χ0v) is 17.0. The van der Waals surface area contributed by atoms with Crippen LogP contribution in [0, 0.1) is 0 Å². The molecule has 0 saturated heterocycles. The lowest BCUT2D eigenvalue weighted by molar-refractivity contribution is 0.569. The summed E-state index contributed by atoms with van der Waals surface area (Å²) >= 11 is 3.40. The summed E-state index contributed by atoms with van der Waals surface area (Å²) in [6.07, 6.45) is 7.03. The van der Waals surface area contributed by atoms with E-state index in [1.807, 2.05) is 34.9 Å². The van der Waals surface area contributed by atoms with Crippen LogP contribution in [0.3, 0.4) is 0 Å². The minimum absolute atomic E-state index is 0.263. The first-order valence-electron chi connectivity index (χ1n) is 9.04. The molecule has 4 aromatic rings. The van der Waals surface area contributed by atoms with Crippen molar-refractivity contribution in [3.63, 3.8) is 0 Å². The van der Waals surface area contributed by atoms with Crippen LogP contribution in [-0.2, 0) is 6.54 Å². The lowest BCUT2D eigenvalue weighted by Gasteiger charge is -2.14. The number of pyridine rings is 1. The molecule has 0 aliphatic carbocycles. The molecule has 0 saturated carbocycles. The molecule has 1 aliphatic rings. The molecule has 0 fully saturated rings. The monoisotopic (exact) mass is 423 g/mol. The smallest absolute Gasteiger partial charge is 0.200 e. The molecular formula is C19H17N7OS2. The van der Waals surface area contributed by atoms with E-state index in [0.717, 1.165) is 33.2 Å². The van der Waals surface area contributed by atoms with Crippen LogP contribution in [0.1, 0.15) is 6.04 Å². The molecule has 10 heteroatoms. The van der Waals surface area contributed by atoms with E-state index in [1.54, 1.807) is 42.2 Å². The van der Waals surface area contributed by atoms with E-state index in [-0.39, 0.29) is 6.04 Å². The first kappa shape index (κ1) is 18.2. The Morgan fingerprint density at radius 2 is 2.03 bits per heavy atom. The first-order chi connectivity index (χ1) is 14.3. The van der Waals surface area contributed by atoms with Gasteiger partial charge in [-0.05, 0) is 24.3 Å². The largest absolute Gasteiger partial charge is 0.461 e. The number of aromatic nitrogens is 7. The van der Waals surface area contributed by atoms with Gasteiger partial charge in [0, 0.05) is 36.0 Å². The van der Waals surface area contributed by atoms with Crippen LogP contribution in [-0.4, -0.2) is 46.0 Å². The Balaban J connectivity index is 1.39. The second-order valence-corrected chi connectivity index (χ2v) is 8.34. The third-order valence-corrected chi connectivity index (χ3v) is 6.75. The van der Waals surface area contributed by atoms with Crippen molar-refractivity contribution in [1.82, 2.24) is 34.5 Å². The van der Waals surface area contributed by atoms with Crippen LogP contribution in [0.15, 0.2) is 70.3 Å². The van der Waals surface area contributed by atoms with Gasteiger partial charge in [0.15, 0.2) is 21.9 Å². The third-order valence-electron chi connectivity index (χ3n) is 4.55. The van der Waals surface area contributed by atoms with Crippen molar-refractivity contribution in [3.05, 3.63) is 55.6 Å². The van der Waals surface area contributed by atoms with Crippen molar-refractivity contribution in [2.45, 2.75) is 22.9 Å². The summed E-state index contributed by atoms with van der Waals surface area (Å²) in [5.41, 5.74) is 1.02. The van der Waals surface area contributed by atoms with Gasteiger partial charge in [-0.25, -0.2) is 0 Å². The van der Waals surface area contributed by atoms with Gasteiger partial charge < -0.3 is 4.42 Å². The fraction of sp³-hybridized carbons (Fsp3) is 0.211. The molecule has 0 aromatic carbocycles. The Morgan fingerprint density at radius 1 is 1.17 bits per heavy atom. The third kappa shape index (κ3) is 3.38. The minimum atomic E-state index is 0.263. The molecule has 29 heavy (non-hydrogen) atoms. The molecule has 0 bridgehead atoms. The Hall–Kier alpha value is -2.85. The summed E-state index contributed by atoms with van der Waals surface area (Å²) in [6.45, 7) is 4.48. The Bertz CT molecular complexity index is 1120. The van der Waals surface area contributed by atoms with Gasteiger partial charge >= 0.3 is 0 Å². The summed E-state index contributed by atoms with van der Waals surface area (Å²) in [4.78, 5) is 4.09. The lowest BCUT2D eigenvalue weighted by atomic mass is 10.2. The topological polar surface area (TPSA) is 87.5 Å². The maximum absolute atomic E-state index is 5.50.